The van der Waals surface area contributed by atoms with E-state index < -0.39 is 0 Å². The zero-order valence-electron chi connectivity index (χ0n) is 21.2. The molecular formula is C30H32N4OS. The minimum absolute atomic E-state index is 0.00300. The number of nitrogens with one attached hydrogen (secondary N) is 1. The first-order valence-corrected chi connectivity index (χ1v) is 12.8. The largest absolute Gasteiger partial charge is 0.497 e. The minimum atomic E-state index is -0.0488. The predicted molar refractivity (Wildman–Crippen MR) is 149 cm³/mol. The summed E-state index contributed by atoms with van der Waals surface area (Å²) in [5, 5.41) is 4.33. The number of ether oxygens (including phenoxy) is 1. The Morgan fingerprint density at radius 3 is 2.44 bits per heavy atom. The number of nitrogens with zero attached hydrogens (tertiary/aromatic N) is 3. The van der Waals surface area contributed by atoms with Crippen molar-refractivity contribution in [2.24, 2.45) is 0 Å². The van der Waals surface area contributed by atoms with Crippen LogP contribution in [0.3, 0.4) is 0 Å². The lowest BCUT2D eigenvalue weighted by Crippen LogP contribution is -2.29. The summed E-state index contributed by atoms with van der Waals surface area (Å²) in [7, 11) is 1.69. The highest BCUT2D eigenvalue weighted by Gasteiger charge is 2.41. The first-order valence-electron chi connectivity index (χ1n) is 12.4. The van der Waals surface area contributed by atoms with E-state index in [-0.39, 0.29) is 12.1 Å². The van der Waals surface area contributed by atoms with Crippen LogP contribution in [0.4, 0.5) is 0 Å². The normalized spacial score (nSPS) is 17.3. The summed E-state index contributed by atoms with van der Waals surface area (Å²) in [4.78, 5) is 7.01. The van der Waals surface area contributed by atoms with Crippen molar-refractivity contribution in [3.8, 4) is 11.4 Å². The Hall–Kier alpha value is -3.64. The number of thiocarbonyl (C=S) groups is 1. The summed E-state index contributed by atoms with van der Waals surface area (Å²) in [6.07, 6.45) is 2.84. The predicted octanol–water partition coefficient (Wildman–Crippen LogP) is 6.23. The average Bonchev–Trinajstić information content (AvgIpc) is 3.39. The zero-order valence-corrected chi connectivity index (χ0v) is 22.0. The number of pyridine rings is 1. The topological polar surface area (TPSA) is 42.3 Å². The van der Waals surface area contributed by atoms with Gasteiger partial charge in [-0.15, -0.1) is 0 Å². The molecule has 2 aromatic carbocycles. The van der Waals surface area contributed by atoms with Crippen molar-refractivity contribution in [2.45, 2.75) is 45.8 Å². The smallest absolute Gasteiger partial charge is 0.170 e. The van der Waals surface area contributed by atoms with Crippen LogP contribution >= 0.6 is 12.2 Å². The van der Waals surface area contributed by atoms with E-state index in [9.17, 15) is 0 Å². The number of benzene rings is 2. The van der Waals surface area contributed by atoms with Crippen molar-refractivity contribution >= 4 is 17.3 Å². The third-order valence-corrected chi connectivity index (χ3v) is 7.46. The maximum atomic E-state index is 5.91. The lowest BCUT2D eigenvalue weighted by Gasteiger charge is -2.28. The van der Waals surface area contributed by atoms with Gasteiger partial charge in [-0.1, -0.05) is 43.3 Å². The van der Waals surface area contributed by atoms with Gasteiger partial charge in [0.15, 0.2) is 5.11 Å². The van der Waals surface area contributed by atoms with E-state index in [1.807, 2.05) is 30.5 Å². The highest BCUT2D eigenvalue weighted by atomic mass is 32.1. The van der Waals surface area contributed by atoms with Gasteiger partial charge in [0.2, 0.25) is 0 Å². The van der Waals surface area contributed by atoms with Crippen molar-refractivity contribution in [3.05, 3.63) is 113 Å². The number of methoxy groups -OCH3 is 1. The maximum Gasteiger partial charge on any atom is 0.170 e. The molecule has 1 aliphatic rings. The molecule has 2 unspecified atom stereocenters. The average molecular weight is 497 g/mol. The molecule has 0 aliphatic carbocycles. The summed E-state index contributed by atoms with van der Waals surface area (Å²) in [5.74, 6) is 0.849. The molecule has 1 aliphatic heterocycles. The summed E-state index contributed by atoms with van der Waals surface area (Å²) in [6.45, 7) is 7.31. The quantitative estimate of drug-likeness (QED) is 0.307. The molecule has 6 heteroatoms. The van der Waals surface area contributed by atoms with Crippen LogP contribution in [-0.4, -0.2) is 26.7 Å². The summed E-state index contributed by atoms with van der Waals surface area (Å²) in [6, 6.07) is 25.2. The van der Waals surface area contributed by atoms with Gasteiger partial charge in [-0.3, -0.25) is 4.98 Å². The fourth-order valence-electron chi connectivity index (χ4n) is 5.33. The molecule has 5 nitrogen and oxygen atoms in total. The number of hydrogen-bond acceptors (Lipinski definition) is 3. The van der Waals surface area contributed by atoms with Gasteiger partial charge < -0.3 is 19.5 Å². The Balaban J connectivity index is 1.61. The van der Waals surface area contributed by atoms with E-state index in [4.69, 9.17) is 21.9 Å². The van der Waals surface area contributed by atoms with Crippen LogP contribution < -0.4 is 10.1 Å². The van der Waals surface area contributed by atoms with Gasteiger partial charge in [0, 0.05) is 29.8 Å². The zero-order chi connectivity index (χ0) is 25.2. The second kappa shape index (κ2) is 10.2. The third kappa shape index (κ3) is 4.37. The Kier molecular flexibility index (Phi) is 6.79. The van der Waals surface area contributed by atoms with Crippen LogP contribution in [0.1, 0.15) is 52.8 Å². The van der Waals surface area contributed by atoms with Crippen molar-refractivity contribution < 1.29 is 4.74 Å². The Bertz CT molecular complexity index is 1360. The standard InChI is InChI=1S/C30H32N4OS/c1-5-23-10-6-7-12-27(23)34-20(2)18-25(21(34)3)29-28(26-11-8-9-17-31-26)32-30(36)33(29)19-22-13-15-24(35-4)16-14-22/h6-18,28-29H,5,19H2,1-4H3,(H,32,36). The summed E-state index contributed by atoms with van der Waals surface area (Å²) < 4.78 is 7.74. The van der Waals surface area contributed by atoms with Gasteiger partial charge >= 0.3 is 0 Å². The molecule has 3 heterocycles. The fraction of sp³-hybridized carbons (Fsp3) is 0.267. The van der Waals surface area contributed by atoms with Crippen LogP contribution in [0.25, 0.3) is 5.69 Å². The molecule has 1 N–H and O–H groups in total. The number of hydrogen-bond donors (Lipinski definition) is 1. The molecule has 0 bridgehead atoms. The van der Waals surface area contributed by atoms with Crippen LogP contribution in [0.5, 0.6) is 5.75 Å². The number of rotatable bonds is 7. The highest BCUT2D eigenvalue weighted by Crippen LogP contribution is 2.42. The monoisotopic (exact) mass is 496 g/mol. The van der Waals surface area contributed by atoms with Gasteiger partial charge in [-0.05, 0) is 85.6 Å². The highest BCUT2D eigenvalue weighted by molar-refractivity contribution is 7.80. The van der Waals surface area contributed by atoms with Gasteiger partial charge in [-0.25, -0.2) is 0 Å². The lowest BCUT2D eigenvalue weighted by molar-refractivity contribution is 0.310. The molecule has 0 saturated carbocycles. The van der Waals surface area contributed by atoms with Gasteiger partial charge in [-0.2, -0.15) is 0 Å². The molecular weight excluding hydrogens is 464 g/mol. The van der Waals surface area contributed by atoms with E-state index in [1.165, 1.54) is 33.8 Å². The SMILES string of the molecule is CCc1ccccc1-n1c(C)cc(C2C(c3ccccn3)NC(=S)N2Cc2ccc(OC)cc2)c1C. The molecule has 4 aromatic rings. The molecule has 0 amide bonds. The molecule has 5 rings (SSSR count). The Morgan fingerprint density at radius 2 is 1.75 bits per heavy atom. The van der Waals surface area contributed by atoms with Crippen LogP contribution in [0.15, 0.2) is 79.0 Å². The number of aromatic nitrogens is 2. The summed E-state index contributed by atoms with van der Waals surface area (Å²) in [5.41, 5.74) is 8.44. The molecule has 184 valence electrons. The van der Waals surface area contributed by atoms with Crippen molar-refractivity contribution in [1.29, 1.82) is 0 Å². The van der Waals surface area contributed by atoms with Crippen LogP contribution in [-0.2, 0) is 13.0 Å². The fourth-order valence-corrected chi connectivity index (χ4v) is 5.63. The summed E-state index contributed by atoms with van der Waals surface area (Å²) >= 11 is 5.91. The van der Waals surface area contributed by atoms with Gasteiger partial charge in [0.25, 0.3) is 0 Å². The van der Waals surface area contributed by atoms with E-state index in [0.29, 0.717) is 6.54 Å². The van der Waals surface area contributed by atoms with E-state index in [0.717, 1.165) is 23.0 Å². The van der Waals surface area contributed by atoms with E-state index in [1.54, 1.807) is 7.11 Å². The Morgan fingerprint density at radius 1 is 1.00 bits per heavy atom. The number of para-hydroxylation sites is 1. The van der Waals surface area contributed by atoms with Crippen LogP contribution in [0.2, 0.25) is 0 Å². The van der Waals surface area contributed by atoms with E-state index in [2.05, 4.69) is 84.1 Å². The van der Waals surface area contributed by atoms with Crippen molar-refractivity contribution in [3.63, 3.8) is 0 Å². The minimum Gasteiger partial charge on any atom is -0.497 e. The van der Waals surface area contributed by atoms with Crippen molar-refractivity contribution in [1.82, 2.24) is 19.8 Å². The lowest BCUT2D eigenvalue weighted by atomic mass is 9.96. The Labute approximate surface area is 218 Å². The molecule has 0 radical (unpaired) electrons. The van der Waals surface area contributed by atoms with Crippen LogP contribution in [0, 0.1) is 13.8 Å². The molecule has 2 aromatic heterocycles. The molecule has 0 spiro atoms. The molecule has 1 saturated heterocycles. The third-order valence-electron chi connectivity index (χ3n) is 7.11. The van der Waals surface area contributed by atoms with E-state index >= 15 is 0 Å². The first kappa shape index (κ1) is 24.1. The second-order valence-corrected chi connectivity index (χ2v) is 9.63. The maximum absolute atomic E-state index is 5.91. The second-order valence-electron chi connectivity index (χ2n) is 9.25. The molecule has 2 atom stereocenters. The van der Waals surface area contributed by atoms with Gasteiger partial charge in [0.1, 0.15) is 5.75 Å². The molecule has 1 fully saturated rings. The van der Waals surface area contributed by atoms with Gasteiger partial charge in [0.05, 0.1) is 24.9 Å². The number of aryl methyl sites for hydroxylation is 2. The first-order chi connectivity index (χ1) is 17.5. The molecule has 36 heavy (non-hydrogen) atoms. The van der Waals surface area contributed by atoms with Crippen molar-refractivity contribution in [2.75, 3.05) is 7.11 Å².